The fourth-order valence-electron chi connectivity index (χ4n) is 6.97. The minimum atomic E-state index is 0.0838. The van der Waals surface area contributed by atoms with Gasteiger partial charge in [-0.3, -0.25) is 0 Å². The summed E-state index contributed by atoms with van der Waals surface area (Å²) in [5.74, 6) is 2.45. The SMILES string of the molecule is CCCOC[C@H]1CCC2C3CCC4=C(CCC(C)(OCCC)C4)C3=CC[C@@]21C.CS. The van der Waals surface area contributed by atoms with Gasteiger partial charge in [0.1, 0.15) is 0 Å². The fourth-order valence-corrected chi connectivity index (χ4v) is 6.97. The predicted molar refractivity (Wildman–Crippen MR) is 131 cm³/mol. The lowest BCUT2D eigenvalue weighted by molar-refractivity contribution is -0.0420. The molecule has 4 aliphatic rings. The van der Waals surface area contributed by atoms with Crippen LogP contribution >= 0.6 is 12.6 Å². The van der Waals surface area contributed by atoms with Gasteiger partial charge in [-0.05, 0) is 112 Å². The maximum atomic E-state index is 6.28. The number of hydrogen-bond acceptors (Lipinski definition) is 3. The van der Waals surface area contributed by atoms with Crippen LogP contribution in [0.15, 0.2) is 22.8 Å². The third-order valence-electron chi connectivity index (χ3n) is 8.60. The quantitative estimate of drug-likeness (QED) is 0.332. The van der Waals surface area contributed by atoms with Crippen LogP contribution in [-0.4, -0.2) is 31.7 Å². The first-order chi connectivity index (χ1) is 14.5. The van der Waals surface area contributed by atoms with Crippen molar-refractivity contribution < 1.29 is 9.47 Å². The molecule has 4 rings (SSSR count). The van der Waals surface area contributed by atoms with Crippen LogP contribution in [0.4, 0.5) is 0 Å². The summed E-state index contributed by atoms with van der Waals surface area (Å²) >= 11 is 3.53. The van der Waals surface area contributed by atoms with Crippen LogP contribution in [-0.2, 0) is 9.47 Å². The van der Waals surface area contributed by atoms with Gasteiger partial charge in [0.15, 0.2) is 0 Å². The van der Waals surface area contributed by atoms with Crippen LogP contribution in [0.25, 0.3) is 0 Å². The molecule has 2 nitrogen and oxygen atoms in total. The molecule has 0 saturated heterocycles. The highest BCUT2D eigenvalue weighted by Gasteiger charge is 2.53. The minimum absolute atomic E-state index is 0.0838. The maximum absolute atomic E-state index is 6.28. The highest BCUT2D eigenvalue weighted by Crippen LogP contribution is 2.61. The Balaban J connectivity index is 0.00000124. The van der Waals surface area contributed by atoms with Crippen LogP contribution in [0.3, 0.4) is 0 Å². The summed E-state index contributed by atoms with van der Waals surface area (Å²) in [6.07, 6.45) is 17.0. The predicted octanol–water partition coefficient (Wildman–Crippen LogP) is 7.40. The molecule has 0 aliphatic heterocycles. The van der Waals surface area contributed by atoms with Crippen molar-refractivity contribution in [2.45, 2.75) is 97.5 Å². The molecular formula is C27H46O2S. The van der Waals surface area contributed by atoms with Crippen molar-refractivity contribution in [2.24, 2.45) is 23.2 Å². The van der Waals surface area contributed by atoms with Gasteiger partial charge in [-0.15, -0.1) is 0 Å². The summed E-state index contributed by atoms with van der Waals surface area (Å²) in [6.45, 7) is 12.2. The van der Waals surface area contributed by atoms with Gasteiger partial charge in [-0.25, -0.2) is 0 Å². The second-order valence-electron chi connectivity index (χ2n) is 10.5. The van der Waals surface area contributed by atoms with Crippen molar-refractivity contribution in [3.05, 3.63) is 22.8 Å². The highest BCUT2D eigenvalue weighted by molar-refractivity contribution is 7.79. The van der Waals surface area contributed by atoms with Crippen LogP contribution in [0.1, 0.15) is 91.9 Å². The van der Waals surface area contributed by atoms with Crippen molar-refractivity contribution in [3.63, 3.8) is 0 Å². The number of thiol groups is 1. The average Bonchev–Trinajstić information content (AvgIpc) is 3.10. The van der Waals surface area contributed by atoms with Crippen molar-refractivity contribution in [1.82, 2.24) is 0 Å². The van der Waals surface area contributed by atoms with Crippen molar-refractivity contribution in [3.8, 4) is 0 Å². The Hall–Kier alpha value is -0.250. The van der Waals surface area contributed by atoms with Gasteiger partial charge in [0.2, 0.25) is 0 Å². The van der Waals surface area contributed by atoms with E-state index in [1.165, 1.54) is 51.4 Å². The van der Waals surface area contributed by atoms with E-state index in [0.717, 1.165) is 50.4 Å². The third kappa shape index (κ3) is 4.74. The van der Waals surface area contributed by atoms with E-state index in [2.05, 4.69) is 46.4 Å². The summed E-state index contributed by atoms with van der Waals surface area (Å²) in [5, 5.41) is 0. The van der Waals surface area contributed by atoms with Gasteiger partial charge in [-0.2, -0.15) is 12.6 Å². The van der Waals surface area contributed by atoms with E-state index in [4.69, 9.17) is 9.47 Å². The van der Waals surface area contributed by atoms with Gasteiger partial charge in [0.05, 0.1) is 5.60 Å². The molecule has 4 aliphatic carbocycles. The van der Waals surface area contributed by atoms with Gasteiger partial charge >= 0.3 is 0 Å². The Bertz CT molecular complexity index is 639. The lowest BCUT2D eigenvalue weighted by Crippen LogP contribution is -2.41. The number of fused-ring (bicyclic) bond motifs is 4. The Morgan fingerprint density at radius 3 is 2.53 bits per heavy atom. The number of ether oxygens (including phenoxy) is 2. The zero-order valence-electron chi connectivity index (χ0n) is 20.3. The average molecular weight is 435 g/mol. The molecule has 0 radical (unpaired) electrons. The standard InChI is InChI=1S/C26H42O2.CH4S/c1-5-15-27-18-20-8-10-24-23-9-7-19-17-25(3,28-16-6-2)13-11-21(19)22(23)12-14-26(20,24)4;1-2/h12,20,23-24H,5-11,13-18H2,1-4H3;2H,1H3/t20-,23?,24?,25?,26-;/m1./s1. The number of allylic oxidation sites excluding steroid dienone is 3. The molecule has 3 unspecified atom stereocenters. The Morgan fingerprint density at radius 2 is 1.80 bits per heavy atom. The fraction of sp³-hybridized carbons (Fsp3) is 0.852. The molecule has 0 aromatic carbocycles. The molecule has 172 valence electrons. The van der Waals surface area contributed by atoms with Crippen LogP contribution in [0.5, 0.6) is 0 Å². The molecule has 0 amide bonds. The number of rotatable bonds is 7. The Kier molecular flexibility index (Phi) is 8.60. The molecule has 0 N–H and O–H groups in total. The van der Waals surface area contributed by atoms with E-state index in [1.54, 1.807) is 23.0 Å². The first-order valence-corrected chi connectivity index (χ1v) is 13.5. The van der Waals surface area contributed by atoms with Gasteiger partial charge in [0, 0.05) is 19.8 Å². The minimum Gasteiger partial charge on any atom is -0.381 e. The lowest BCUT2D eigenvalue weighted by Gasteiger charge is -2.49. The molecular weight excluding hydrogens is 388 g/mol. The van der Waals surface area contributed by atoms with Gasteiger partial charge < -0.3 is 9.47 Å². The molecule has 0 bridgehead atoms. The molecule has 0 aromatic rings. The second-order valence-corrected chi connectivity index (χ2v) is 10.5. The first-order valence-electron chi connectivity index (χ1n) is 12.6. The summed E-state index contributed by atoms with van der Waals surface area (Å²) in [7, 11) is 0. The maximum Gasteiger partial charge on any atom is 0.0694 e. The lowest BCUT2D eigenvalue weighted by atomic mass is 9.57. The summed E-state index contributed by atoms with van der Waals surface area (Å²) in [6, 6.07) is 0. The van der Waals surface area contributed by atoms with E-state index in [9.17, 15) is 0 Å². The molecule has 0 heterocycles. The largest absolute Gasteiger partial charge is 0.381 e. The molecule has 3 heteroatoms. The zero-order chi connectivity index (χ0) is 21.8. The smallest absolute Gasteiger partial charge is 0.0694 e. The highest BCUT2D eigenvalue weighted by atomic mass is 32.1. The molecule has 30 heavy (non-hydrogen) atoms. The Labute approximate surface area is 191 Å². The second kappa shape index (κ2) is 10.6. The summed E-state index contributed by atoms with van der Waals surface area (Å²) < 4.78 is 12.3. The molecule has 0 aromatic heterocycles. The molecule has 5 atom stereocenters. The van der Waals surface area contributed by atoms with E-state index in [0.29, 0.717) is 5.41 Å². The zero-order valence-corrected chi connectivity index (χ0v) is 21.2. The monoisotopic (exact) mass is 434 g/mol. The first kappa shape index (κ1) is 24.4. The van der Waals surface area contributed by atoms with Crippen LogP contribution in [0, 0.1) is 23.2 Å². The molecule has 1 saturated carbocycles. The third-order valence-corrected chi connectivity index (χ3v) is 8.60. The van der Waals surface area contributed by atoms with E-state index in [1.807, 2.05) is 0 Å². The van der Waals surface area contributed by atoms with Gasteiger partial charge in [0.25, 0.3) is 0 Å². The van der Waals surface area contributed by atoms with Gasteiger partial charge in [-0.1, -0.05) is 32.4 Å². The summed E-state index contributed by atoms with van der Waals surface area (Å²) in [4.78, 5) is 0. The van der Waals surface area contributed by atoms with Crippen LogP contribution in [0.2, 0.25) is 0 Å². The van der Waals surface area contributed by atoms with E-state index < -0.39 is 0 Å². The van der Waals surface area contributed by atoms with Crippen molar-refractivity contribution in [2.75, 3.05) is 26.1 Å². The normalized spacial score (nSPS) is 37.5. The summed E-state index contributed by atoms with van der Waals surface area (Å²) in [5.41, 5.74) is 5.79. The van der Waals surface area contributed by atoms with Crippen LogP contribution < -0.4 is 0 Å². The van der Waals surface area contributed by atoms with Crippen molar-refractivity contribution >= 4 is 12.6 Å². The topological polar surface area (TPSA) is 18.5 Å². The molecule has 1 fully saturated rings. The van der Waals surface area contributed by atoms with E-state index >= 15 is 0 Å². The Morgan fingerprint density at radius 1 is 1.03 bits per heavy atom. The van der Waals surface area contributed by atoms with Crippen molar-refractivity contribution in [1.29, 1.82) is 0 Å². The van der Waals surface area contributed by atoms with E-state index in [-0.39, 0.29) is 5.60 Å². The number of hydrogen-bond donors (Lipinski definition) is 1. The molecule has 0 spiro atoms.